The lowest BCUT2D eigenvalue weighted by Crippen LogP contribution is -2.25. The van der Waals surface area contributed by atoms with Crippen molar-refractivity contribution in [2.45, 2.75) is 5.41 Å². The number of pyridine rings is 1. The Morgan fingerprint density at radius 3 is 1.64 bits per heavy atom. The van der Waals surface area contributed by atoms with Crippen molar-refractivity contribution in [2.24, 2.45) is 0 Å². The molecule has 9 aromatic carbocycles. The Labute approximate surface area is 338 Å². The van der Waals surface area contributed by atoms with Crippen molar-refractivity contribution in [1.82, 2.24) is 4.98 Å². The molecule has 1 spiro atoms. The van der Waals surface area contributed by atoms with Crippen LogP contribution >= 0.6 is 0 Å². The highest BCUT2D eigenvalue weighted by Gasteiger charge is 2.51. The van der Waals surface area contributed by atoms with Gasteiger partial charge >= 0.3 is 0 Å². The van der Waals surface area contributed by atoms with E-state index in [9.17, 15) is 0 Å². The monoisotopic (exact) mass is 736 g/mol. The van der Waals surface area contributed by atoms with Crippen LogP contribution in [0.1, 0.15) is 22.3 Å². The first kappa shape index (κ1) is 32.7. The highest BCUT2D eigenvalue weighted by Crippen LogP contribution is 2.63. The molecule has 0 fully saturated rings. The first-order valence-electron chi connectivity index (χ1n) is 20.0. The van der Waals surface area contributed by atoms with Crippen molar-refractivity contribution >= 4 is 38.6 Å². The van der Waals surface area contributed by atoms with Gasteiger partial charge in [-0.2, -0.15) is 0 Å². The lowest BCUT2D eigenvalue weighted by molar-refractivity contribution is 0.795. The highest BCUT2D eigenvalue weighted by molar-refractivity contribution is 6.01. The number of benzene rings is 9. The molecule has 0 amide bonds. The van der Waals surface area contributed by atoms with Crippen LogP contribution in [0.3, 0.4) is 0 Å². The SMILES string of the molecule is c1cncc(N(c2cccc(-c3ccc(-c4ccc5cc6c(cc5c4)-c4ccccc4C64c5ccccc5-c5ccccc54)cc3)c2)c2cccc3ccccc23)c1. The van der Waals surface area contributed by atoms with E-state index in [1.807, 2.05) is 18.5 Å². The van der Waals surface area contributed by atoms with Gasteiger partial charge in [0.1, 0.15) is 0 Å². The minimum absolute atomic E-state index is 0.330. The summed E-state index contributed by atoms with van der Waals surface area (Å²) in [7, 11) is 0. The van der Waals surface area contributed by atoms with Crippen molar-refractivity contribution < 1.29 is 0 Å². The lowest BCUT2D eigenvalue weighted by Gasteiger charge is -2.30. The smallest absolute Gasteiger partial charge is 0.0725 e. The normalized spacial score (nSPS) is 13.0. The number of fused-ring (bicyclic) bond motifs is 12. The molecular weight excluding hydrogens is 701 g/mol. The maximum absolute atomic E-state index is 4.49. The Hall–Kier alpha value is -7.55. The fourth-order valence-corrected chi connectivity index (χ4v) is 10.0. The molecule has 0 saturated heterocycles. The van der Waals surface area contributed by atoms with Crippen molar-refractivity contribution in [1.29, 1.82) is 0 Å². The summed E-state index contributed by atoms with van der Waals surface area (Å²) in [6.07, 6.45) is 3.76. The van der Waals surface area contributed by atoms with Gasteiger partial charge in [-0.05, 0) is 131 Å². The molecule has 0 radical (unpaired) electrons. The minimum atomic E-state index is -0.330. The Kier molecular flexibility index (Phi) is 7.18. The first-order valence-corrected chi connectivity index (χ1v) is 20.0. The Balaban J connectivity index is 0.925. The third-order valence-electron chi connectivity index (χ3n) is 12.5. The fraction of sp³-hybridized carbons (Fsp3) is 0.0179. The van der Waals surface area contributed by atoms with E-state index >= 15 is 0 Å². The van der Waals surface area contributed by atoms with Crippen LogP contribution in [0, 0.1) is 0 Å². The molecule has 1 heterocycles. The predicted molar refractivity (Wildman–Crippen MR) is 241 cm³/mol. The Morgan fingerprint density at radius 1 is 0.345 bits per heavy atom. The average Bonchev–Trinajstić information content (AvgIpc) is 3.76. The number of rotatable bonds is 5. The molecule has 2 nitrogen and oxygen atoms in total. The maximum Gasteiger partial charge on any atom is 0.0725 e. The summed E-state index contributed by atoms with van der Waals surface area (Å²) >= 11 is 0. The molecule has 58 heavy (non-hydrogen) atoms. The van der Waals surface area contributed by atoms with Crippen LogP contribution in [0.2, 0.25) is 0 Å². The summed E-state index contributed by atoms with van der Waals surface area (Å²) in [5, 5.41) is 4.91. The standard InChI is InChI=1S/C56H36N2/c1-2-17-46-39(12-1)13-10-24-55(46)58(45-16-11-31-57-36-45)44-15-9-14-40(33-44)37-25-27-38(28-26-37)41-29-30-42-35-54-50(34-43(42)32-41)49-20-5-8-23-53(49)56(54)51-21-6-3-18-47(51)48-19-4-7-22-52(48)56/h1-36H. The third-order valence-corrected chi connectivity index (χ3v) is 12.5. The summed E-state index contributed by atoms with van der Waals surface area (Å²) in [5.41, 5.74) is 18.5. The van der Waals surface area contributed by atoms with Crippen LogP contribution in [-0.4, -0.2) is 4.98 Å². The molecule has 270 valence electrons. The molecule has 2 aliphatic carbocycles. The van der Waals surface area contributed by atoms with Gasteiger partial charge in [0.2, 0.25) is 0 Å². The Morgan fingerprint density at radius 2 is 0.931 bits per heavy atom. The topological polar surface area (TPSA) is 16.1 Å². The van der Waals surface area contributed by atoms with Crippen molar-refractivity contribution in [3.8, 4) is 44.5 Å². The highest BCUT2D eigenvalue weighted by atomic mass is 15.1. The largest absolute Gasteiger partial charge is 0.308 e. The molecule has 2 heteroatoms. The van der Waals surface area contributed by atoms with Crippen LogP contribution in [0.25, 0.3) is 66.1 Å². The van der Waals surface area contributed by atoms with Gasteiger partial charge in [-0.25, -0.2) is 0 Å². The second-order valence-electron chi connectivity index (χ2n) is 15.5. The first-order chi connectivity index (χ1) is 28.8. The van der Waals surface area contributed by atoms with Gasteiger partial charge in [-0.3, -0.25) is 4.98 Å². The van der Waals surface area contributed by atoms with Gasteiger partial charge in [0.25, 0.3) is 0 Å². The van der Waals surface area contributed by atoms with Gasteiger partial charge < -0.3 is 4.90 Å². The molecule has 2 aliphatic rings. The number of hydrogen-bond acceptors (Lipinski definition) is 2. The number of hydrogen-bond donors (Lipinski definition) is 0. The summed E-state index contributed by atoms with van der Waals surface area (Å²) in [5.74, 6) is 0. The van der Waals surface area contributed by atoms with Crippen LogP contribution < -0.4 is 4.90 Å². The average molecular weight is 737 g/mol. The molecule has 0 atom stereocenters. The summed E-state index contributed by atoms with van der Waals surface area (Å²) in [4.78, 5) is 6.80. The zero-order valence-electron chi connectivity index (χ0n) is 31.7. The van der Waals surface area contributed by atoms with E-state index in [1.165, 1.54) is 82.7 Å². The fourth-order valence-electron chi connectivity index (χ4n) is 10.0. The van der Waals surface area contributed by atoms with E-state index in [0.717, 1.165) is 22.6 Å². The van der Waals surface area contributed by atoms with E-state index in [2.05, 4.69) is 210 Å². The van der Waals surface area contributed by atoms with E-state index < -0.39 is 0 Å². The van der Waals surface area contributed by atoms with Gasteiger partial charge in [0, 0.05) is 17.3 Å². The predicted octanol–water partition coefficient (Wildman–Crippen LogP) is 14.5. The van der Waals surface area contributed by atoms with E-state index in [1.54, 1.807) is 0 Å². The molecule has 0 unspecified atom stereocenters. The van der Waals surface area contributed by atoms with Gasteiger partial charge in [-0.15, -0.1) is 0 Å². The van der Waals surface area contributed by atoms with Gasteiger partial charge in [0.05, 0.1) is 23.0 Å². The molecule has 10 aromatic rings. The van der Waals surface area contributed by atoms with Crippen LogP contribution in [-0.2, 0) is 5.41 Å². The number of nitrogens with zero attached hydrogens (tertiary/aromatic N) is 2. The quantitative estimate of drug-likeness (QED) is 0.175. The zero-order chi connectivity index (χ0) is 38.2. The third kappa shape index (κ3) is 4.76. The summed E-state index contributed by atoms with van der Waals surface area (Å²) in [6.45, 7) is 0. The molecule has 1 aromatic heterocycles. The number of anilines is 3. The van der Waals surface area contributed by atoms with Gasteiger partial charge in [-0.1, -0.05) is 158 Å². The second kappa shape index (κ2) is 12.7. The van der Waals surface area contributed by atoms with E-state index in [4.69, 9.17) is 0 Å². The van der Waals surface area contributed by atoms with Gasteiger partial charge in [0.15, 0.2) is 0 Å². The van der Waals surface area contributed by atoms with Crippen molar-refractivity contribution in [3.05, 3.63) is 241 Å². The molecule has 0 aliphatic heterocycles. The minimum Gasteiger partial charge on any atom is -0.308 e. The zero-order valence-corrected chi connectivity index (χ0v) is 31.7. The van der Waals surface area contributed by atoms with Crippen molar-refractivity contribution in [2.75, 3.05) is 4.90 Å². The summed E-state index contributed by atoms with van der Waals surface area (Å²) in [6, 6.07) is 76.0. The summed E-state index contributed by atoms with van der Waals surface area (Å²) < 4.78 is 0. The van der Waals surface area contributed by atoms with E-state index in [-0.39, 0.29) is 5.41 Å². The Bertz CT molecular complexity index is 3180. The van der Waals surface area contributed by atoms with Crippen LogP contribution in [0.4, 0.5) is 17.1 Å². The van der Waals surface area contributed by atoms with Crippen LogP contribution in [0.5, 0.6) is 0 Å². The van der Waals surface area contributed by atoms with Crippen molar-refractivity contribution in [3.63, 3.8) is 0 Å². The molecule has 12 rings (SSSR count). The molecular formula is C56H36N2. The second-order valence-corrected chi connectivity index (χ2v) is 15.5. The molecule has 0 saturated carbocycles. The molecule has 0 bridgehead atoms. The molecule has 0 N–H and O–H groups in total. The number of aromatic nitrogens is 1. The van der Waals surface area contributed by atoms with Crippen LogP contribution in [0.15, 0.2) is 219 Å². The lowest BCUT2D eigenvalue weighted by atomic mass is 9.70. The maximum atomic E-state index is 4.49. The van der Waals surface area contributed by atoms with E-state index in [0.29, 0.717) is 0 Å².